The molecule has 1 aromatic carbocycles. The zero-order chi connectivity index (χ0) is 8.48. The minimum atomic E-state index is -4.30. The topological polar surface area (TPSA) is 23.8 Å². The van der Waals surface area contributed by atoms with Crippen LogP contribution in [0.15, 0.2) is 24.3 Å². The van der Waals surface area contributed by atoms with Crippen LogP contribution in [0.1, 0.15) is 5.56 Å². The molecule has 0 aliphatic rings. The summed E-state index contributed by atoms with van der Waals surface area (Å²) in [4.78, 5) is 0. The highest BCUT2D eigenvalue weighted by Gasteiger charge is 2.29. The van der Waals surface area contributed by atoms with Gasteiger partial charge in [0.05, 0.1) is 5.56 Å². The summed E-state index contributed by atoms with van der Waals surface area (Å²) in [7, 11) is 0. The highest BCUT2D eigenvalue weighted by Crippen LogP contribution is 2.29. The van der Waals surface area contributed by atoms with Gasteiger partial charge >= 0.3 is 6.18 Å². The smallest absolute Gasteiger partial charge is 0.416 e. The lowest BCUT2D eigenvalue weighted by Gasteiger charge is -2.07. The third-order valence-corrected chi connectivity index (χ3v) is 1.21. The van der Waals surface area contributed by atoms with E-state index in [1.807, 2.05) is 0 Å². The third-order valence-electron chi connectivity index (χ3n) is 1.21. The van der Waals surface area contributed by atoms with Crippen molar-refractivity contribution in [2.75, 3.05) is 0 Å². The second-order valence-corrected chi connectivity index (χ2v) is 2.08. The van der Waals surface area contributed by atoms with Gasteiger partial charge in [-0.1, -0.05) is 24.3 Å². The normalized spacial score (nSPS) is 11.5. The largest absolute Gasteiger partial charge is 0.699 e. The van der Waals surface area contributed by atoms with Gasteiger partial charge in [-0.2, -0.15) is 13.2 Å². The minimum absolute atomic E-state index is 0.0815. The van der Waals surface area contributed by atoms with Crippen LogP contribution in [0.2, 0.25) is 0 Å². The van der Waals surface area contributed by atoms with Gasteiger partial charge in [0.1, 0.15) is 0 Å². The molecule has 1 rings (SSSR count). The van der Waals surface area contributed by atoms with E-state index in [1.54, 1.807) is 0 Å². The van der Waals surface area contributed by atoms with E-state index < -0.39 is 11.7 Å². The zero-order valence-electron chi connectivity index (χ0n) is 5.44. The van der Waals surface area contributed by atoms with Gasteiger partial charge in [0.15, 0.2) is 0 Å². The van der Waals surface area contributed by atoms with Crippen LogP contribution in [0.3, 0.4) is 0 Å². The van der Waals surface area contributed by atoms with Gasteiger partial charge in [0.25, 0.3) is 0 Å². The molecule has 0 unspecified atom stereocenters. The number of nitrogens with one attached hydrogen (secondary N) is 1. The van der Waals surface area contributed by atoms with Crippen molar-refractivity contribution in [1.29, 1.82) is 0 Å². The summed E-state index contributed by atoms with van der Waals surface area (Å²) >= 11 is 0. The molecule has 0 spiro atoms. The molecule has 0 aromatic heterocycles. The Morgan fingerprint density at radius 1 is 1.00 bits per heavy atom. The Balaban J connectivity index is 2.99. The highest BCUT2D eigenvalue weighted by molar-refractivity contribution is 5.44. The molecular formula is C7H5F3N-. The lowest BCUT2D eigenvalue weighted by molar-refractivity contribution is -0.137. The monoisotopic (exact) mass is 160 g/mol. The fraction of sp³-hybridized carbons (Fsp3) is 0.143. The first-order chi connectivity index (χ1) is 5.00. The van der Waals surface area contributed by atoms with Crippen LogP contribution in [0.4, 0.5) is 18.9 Å². The van der Waals surface area contributed by atoms with Gasteiger partial charge in [-0.25, -0.2) is 0 Å². The van der Waals surface area contributed by atoms with Crippen molar-refractivity contribution in [2.45, 2.75) is 6.18 Å². The summed E-state index contributed by atoms with van der Waals surface area (Å²) in [6, 6.07) is 4.01. The van der Waals surface area contributed by atoms with Gasteiger partial charge in [-0.05, 0) is 0 Å². The standard InChI is InChI=1S/C7H5F3N/c8-7(9,10)5-1-3-6(11)4-2-5/h1-4,11H/q-1. The van der Waals surface area contributed by atoms with E-state index in [0.29, 0.717) is 0 Å². The van der Waals surface area contributed by atoms with Gasteiger partial charge < -0.3 is 5.73 Å². The summed E-state index contributed by atoms with van der Waals surface area (Å²) < 4.78 is 35.6. The molecule has 1 aromatic rings. The van der Waals surface area contributed by atoms with Gasteiger partial charge in [0.2, 0.25) is 0 Å². The first-order valence-electron chi connectivity index (χ1n) is 2.89. The van der Waals surface area contributed by atoms with Crippen molar-refractivity contribution in [2.24, 2.45) is 0 Å². The third kappa shape index (κ3) is 1.86. The maximum absolute atomic E-state index is 11.9. The molecule has 0 saturated heterocycles. The predicted octanol–water partition coefficient (Wildman–Crippen LogP) is 3.39. The minimum Gasteiger partial charge on any atom is -0.699 e. The predicted molar refractivity (Wildman–Crippen MR) is 35.4 cm³/mol. The van der Waals surface area contributed by atoms with Crippen molar-refractivity contribution in [3.63, 3.8) is 0 Å². The molecule has 11 heavy (non-hydrogen) atoms. The summed E-state index contributed by atoms with van der Waals surface area (Å²) in [5, 5.41) is 0. The second-order valence-electron chi connectivity index (χ2n) is 2.08. The molecule has 1 nitrogen and oxygen atoms in total. The Bertz CT molecular complexity index is 237. The van der Waals surface area contributed by atoms with Crippen LogP contribution in [0.25, 0.3) is 5.73 Å². The summed E-state index contributed by atoms with van der Waals surface area (Å²) in [6.07, 6.45) is -4.30. The number of halogens is 3. The summed E-state index contributed by atoms with van der Waals surface area (Å²) in [5.74, 6) is 0. The molecule has 0 atom stereocenters. The number of benzene rings is 1. The Hall–Kier alpha value is -1.19. The van der Waals surface area contributed by atoms with E-state index in [4.69, 9.17) is 5.73 Å². The van der Waals surface area contributed by atoms with Crippen molar-refractivity contribution in [3.05, 3.63) is 35.6 Å². The van der Waals surface area contributed by atoms with E-state index >= 15 is 0 Å². The maximum Gasteiger partial charge on any atom is 0.416 e. The maximum atomic E-state index is 11.9. The molecule has 0 aliphatic carbocycles. The molecule has 1 N–H and O–H groups in total. The molecule has 4 heteroatoms. The number of alkyl halides is 3. The van der Waals surface area contributed by atoms with Gasteiger partial charge in [0, 0.05) is 0 Å². The van der Waals surface area contributed by atoms with Crippen LogP contribution in [0, 0.1) is 0 Å². The number of hydrogen-bond donors (Lipinski definition) is 0. The SMILES string of the molecule is [NH-]c1ccc(C(F)(F)F)cc1. The van der Waals surface area contributed by atoms with E-state index in [9.17, 15) is 13.2 Å². The summed E-state index contributed by atoms with van der Waals surface area (Å²) in [5.41, 5.74) is 6.30. The number of rotatable bonds is 0. The van der Waals surface area contributed by atoms with Crippen molar-refractivity contribution >= 4 is 5.69 Å². The molecule has 0 fully saturated rings. The van der Waals surface area contributed by atoms with E-state index in [2.05, 4.69) is 0 Å². The molecule has 0 radical (unpaired) electrons. The molecule has 0 heterocycles. The highest BCUT2D eigenvalue weighted by atomic mass is 19.4. The molecule has 0 bridgehead atoms. The Kier molecular flexibility index (Phi) is 1.76. The lowest BCUT2D eigenvalue weighted by Crippen LogP contribution is -2.03. The molecular weight excluding hydrogens is 155 g/mol. The fourth-order valence-corrected chi connectivity index (χ4v) is 0.659. The van der Waals surface area contributed by atoms with E-state index in [1.165, 1.54) is 0 Å². The molecule has 0 amide bonds. The van der Waals surface area contributed by atoms with Crippen LogP contribution in [-0.4, -0.2) is 0 Å². The van der Waals surface area contributed by atoms with E-state index in [-0.39, 0.29) is 5.69 Å². The lowest BCUT2D eigenvalue weighted by atomic mass is 10.2. The Morgan fingerprint density at radius 2 is 1.45 bits per heavy atom. The van der Waals surface area contributed by atoms with Crippen molar-refractivity contribution < 1.29 is 13.2 Å². The van der Waals surface area contributed by atoms with Crippen molar-refractivity contribution in [1.82, 2.24) is 0 Å². The molecule has 0 saturated carbocycles. The number of hydrogen-bond acceptors (Lipinski definition) is 0. The van der Waals surface area contributed by atoms with Crippen LogP contribution in [0.5, 0.6) is 0 Å². The van der Waals surface area contributed by atoms with Crippen LogP contribution < -0.4 is 0 Å². The Labute approximate surface area is 61.6 Å². The molecule has 60 valence electrons. The van der Waals surface area contributed by atoms with Gasteiger partial charge in [-0.3, -0.25) is 0 Å². The first-order valence-corrected chi connectivity index (χ1v) is 2.89. The fourth-order valence-electron chi connectivity index (χ4n) is 0.659. The molecule has 0 aliphatic heterocycles. The van der Waals surface area contributed by atoms with Crippen LogP contribution in [-0.2, 0) is 6.18 Å². The Morgan fingerprint density at radius 3 is 1.82 bits per heavy atom. The first kappa shape index (κ1) is 7.91. The average molecular weight is 160 g/mol. The quantitative estimate of drug-likeness (QED) is 0.555. The van der Waals surface area contributed by atoms with E-state index in [0.717, 1.165) is 24.3 Å². The van der Waals surface area contributed by atoms with Gasteiger partial charge in [-0.15, -0.1) is 5.69 Å². The van der Waals surface area contributed by atoms with Crippen LogP contribution >= 0.6 is 0 Å². The summed E-state index contributed by atoms with van der Waals surface area (Å²) in [6.45, 7) is 0. The second kappa shape index (κ2) is 2.45. The zero-order valence-corrected chi connectivity index (χ0v) is 5.44. The average Bonchev–Trinajstić information content (AvgIpc) is 1.86. The van der Waals surface area contributed by atoms with Crippen molar-refractivity contribution in [3.8, 4) is 0 Å².